The van der Waals surface area contributed by atoms with Crippen LogP contribution in [0.3, 0.4) is 0 Å². The Labute approximate surface area is 89.0 Å². The molecule has 4 nitrogen and oxygen atoms in total. The molecule has 0 saturated carbocycles. The number of hydrogen-bond acceptors (Lipinski definition) is 2. The third-order valence-corrected chi connectivity index (χ3v) is 2.59. The molecule has 2 heterocycles. The first kappa shape index (κ1) is 10.2. The number of amides is 1. The first-order chi connectivity index (χ1) is 7.34. The van der Waals surface area contributed by atoms with Crippen molar-refractivity contribution in [2.45, 2.75) is 31.9 Å². The van der Waals surface area contributed by atoms with Crippen LogP contribution in [0.25, 0.3) is 0 Å². The summed E-state index contributed by atoms with van der Waals surface area (Å²) >= 11 is 0. The molecule has 0 radical (unpaired) electrons. The molecular weight excluding hydrogens is 192 g/mol. The third kappa shape index (κ3) is 3.09. The summed E-state index contributed by atoms with van der Waals surface area (Å²) in [4.78, 5) is 14.4. The Morgan fingerprint density at radius 3 is 3.27 bits per heavy atom. The molecule has 4 heteroatoms. The van der Waals surface area contributed by atoms with Crippen molar-refractivity contribution < 1.29 is 9.53 Å². The second kappa shape index (κ2) is 4.98. The SMILES string of the molecule is O=C(CC1CCCO1)NCc1cc[nH]c1. The van der Waals surface area contributed by atoms with Crippen molar-refractivity contribution in [3.63, 3.8) is 0 Å². The Balaban J connectivity index is 1.68. The number of rotatable bonds is 4. The summed E-state index contributed by atoms with van der Waals surface area (Å²) in [6, 6.07) is 1.95. The van der Waals surface area contributed by atoms with E-state index < -0.39 is 0 Å². The van der Waals surface area contributed by atoms with Crippen LogP contribution in [0.15, 0.2) is 18.5 Å². The maximum Gasteiger partial charge on any atom is 0.222 e. The van der Waals surface area contributed by atoms with Crippen LogP contribution in [0.2, 0.25) is 0 Å². The van der Waals surface area contributed by atoms with Gasteiger partial charge in [-0.3, -0.25) is 4.79 Å². The topological polar surface area (TPSA) is 54.1 Å². The lowest BCUT2D eigenvalue weighted by Gasteiger charge is -2.08. The molecule has 15 heavy (non-hydrogen) atoms. The molecular formula is C11H16N2O2. The zero-order valence-corrected chi connectivity index (χ0v) is 8.66. The van der Waals surface area contributed by atoms with Crippen LogP contribution in [0, 0.1) is 0 Å². The summed E-state index contributed by atoms with van der Waals surface area (Å²) in [5.74, 6) is 0.0723. The summed E-state index contributed by atoms with van der Waals surface area (Å²) in [6.45, 7) is 1.39. The van der Waals surface area contributed by atoms with Gasteiger partial charge in [0.1, 0.15) is 0 Å². The summed E-state index contributed by atoms with van der Waals surface area (Å²) < 4.78 is 5.39. The largest absolute Gasteiger partial charge is 0.378 e. The second-order valence-electron chi connectivity index (χ2n) is 3.84. The number of H-pyrrole nitrogens is 1. The van der Waals surface area contributed by atoms with E-state index in [1.807, 2.05) is 18.5 Å². The van der Waals surface area contributed by atoms with E-state index in [0.717, 1.165) is 25.0 Å². The molecule has 1 aliphatic heterocycles. The normalized spacial score (nSPS) is 20.4. The molecule has 0 aliphatic carbocycles. The average molecular weight is 208 g/mol. The Morgan fingerprint density at radius 2 is 2.60 bits per heavy atom. The molecule has 1 fully saturated rings. The summed E-state index contributed by atoms with van der Waals surface area (Å²) in [5, 5.41) is 2.87. The minimum absolute atomic E-state index is 0.0723. The van der Waals surface area contributed by atoms with Crippen molar-refractivity contribution in [3.05, 3.63) is 24.0 Å². The quantitative estimate of drug-likeness (QED) is 0.781. The lowest BCUT2D eigenvalue weighted by molar-refractivity contribution is -0.123. The number of carbonyl (C=O) groups excluding carboxylic acids is 1. The smallest absolute Gasteiger partial charge is 0.222 e. The van der Waals surface area contributed by atoms with Gasteiger partial charge in [0.05, 0.1) is 12.5 Å². The van der Waals surface area contributed by atoms with Gasteiger partial charge in [0, 0.05) is 25.5 Å². The molecule has 1 aromatic heterocycles. The molecule has 1 aliphatic rings. The molecule has 0 spiro atoms. The van der Waals surface area contributed by atoms with Gasteiger partial charge in [-0.2, -0.15) is 0 Å². The lowest BCUT2D eigenvalue weighted by Crippen LogP contribution is -2.26. The maximum atomic E-state index is 11.5. The van der Waals surface area contributed by atoms with Crippen molar-refractivity contribution in [3.8, 4) is 0 Å². The fraction of sp³-hybridized carbons (Fsp3) is 0.545. The predicted octanol–water partition coefficient (Wildman–Crippen LogP) is 1.20. The van der Waals surface area contributed by atoms with E-state index in [2.05, 4.69) is 10.3 Å². The summed E-state index contributed by atoms with van der Waals surface area (Å²) in [7, 11) is 0. The Morgan fingerprint density at radius 1 is 1.67 bits per heavy atom. The molecule has 1 amide bonds. The van der Waals surface area contributed by atoms with E-state index >= 15 is 0 Å². The standard InChI is InChI=1S/C11H16N2O2/c14-11(6-10-2-1-5-15-10)13-8-9-3-4-12-7-9/h3-4,7,10,12H,1-2,5-6,8H2,(H,13,14). The zero-order chi connectivity index (χ0) is 10.5. The Kier molecular flexibility index (Phi) is 3.40. The minimum Gasteiger partial charge on any atom is -0.378 e. The van der Waals surface area contributed by atoms with Gasteiger partial charge in [-0.15, -0.1) is 0 Å². The molecule has 82 valence electrons. The highest BCUT2D eigenvalue weighted by atomic mass is 16.5. The number of aromatic nitrogens is 1. The van der Waals surface area contributed by atoms with E-state index in [-0.39, 0.29) is 12.0 Å². The van der Waals surface area contributed by atoms with Gasteiger partial charge in [0.15, 0.2) is 0 Å². The number of carbonyl (C=O) groups is 1. The molecule has 1 saturated heterocycles. The lowest BCUT2D eigenvalue weighted by atomic mass is 10.2. The molecule has 0 bridgehead atoms. The van der Waals surface area contributed by atoms with Crippen molar-refractivity contribution in [1.29, 1.82) is 0 Å². The average Bonchev–Trinajstić information content (AvgIpc) is 2.86. The van der Waals surface area contributed by atoms with E-state index in [1.54, 1.807) is 0 Å². The molecule has 2 N–H and O–H groups in total. The van der Waals surface area contributed by atoms with E-state index in [1.165, 1.54) is 0 Å². The van der Waals surface area contributed by atoms with Crippen molar-refractivity contribution in [1.82, 2.24) is 10.3 Å². The molecule has 1 unspecified atom stereocenters. The highest BCUT2D eigenvalue weighted by Gasteiger charge is 2.18. The fourth-order valence-electron chi connectivity index (χ4n) is 1.75. The van der Waals surface area contributed by atoms with Crippen LogP contribution in [-0.4, -0.2) is 23.6 Å². The van der Waals surface area contributed by atoms with Gasteiger partial charge in [0.25, 0.3) is 0 Å². The fourth-order valence-corrected chi connectivity index (χ4v) is 1.75. The number of nitrogens with one attached hydrogen (secondary N) is 2. The van der Waals surface area contributed by atoms with Crippen molar-refractivity contribution in [2.75, 3.05) is 6.61 Å². The third-order valence-electron chi connectivity index (χ3n) is 2.59. The van der Waals surface area contributed by atoms with E-state index in [4.69, 9.17) is 4.74 Å². The zero-order valence-electron chi connectivity index (χ0n) is 8.66. The number of ether oxygens (including phenoxy) is 1. The van der Waals surface area contributed by atoms with Gasteiger partial charge in [0.2, 0.25) is 5.91 Å². The van der Waals surface area contributed by atoms with Gasteiger partial charge >= 0.3 is 0 Å². The van der Waals surface area contributed by atoms with Crippen molar-refractivity contribution in [2.24, 2.45) is 0 Å². The predicted molar refractivity (Wildman–Crippen MR) is 56.2 cm³/mol. The number of aromatic amines is 1. The molecule has 0 aromatic carbocycles. The van der Waals surface area contributed by atoms with Gasteiger partial charge in [-0.25, -0.2) is 0 Å². The first-order valence-corrected chi connectivity index (χ1v) is 5.34. The van der Waals surface area contributed by atoms with Gasteiger partial charge in [-0.05, 0) is 24.5 Å². The summed E-state index contributed by atoms with van der Waals surface area (Å²) in [5.41, 5.74) is 1.09. The molecule has 1 aromatic rings. The summed E-state index contributed by atoms with van der Waals surface area (Å²) in [6.07, 6.45) is 6.45. The second-order valence-corrected chi connectivity index (χ2v) is 3.84. The first-order valence-electron chi connectivity index (χ1n) is 5.34. The van der Waals surface area contributed by atoms with Gasteiger partial charge in [-0.1, -0.05) is 0 Å². The monoisotopic (exact) mass is 208 g/mol. The van der Waals surface area contributed by atoms with E-state index in [0.29, 0.717) is 13.0 Å². The molecule has 1 atom stereocenters. The van der Waals surface area contributed by atoms with Crippen LogP contribution in [-0.2, 0) is 16.1 Å². The van der Waals surface area contributed by atoms with Crippen LogP contribution in [0.4, 0.5) is 0 Å². The minimum atomic E-state index is 0.0723. The molecule has 2 rings (SSSR count). The van der Waals surface area contributed by atoms with Crippen LogP contribution >= 0.6 is 0 Å². The van der Waals surface area contributed by atoms with Crippen LogP contribution < -0.4 is 5.32 Å². The highest BCUT2D eigenvalue weighted by Crippen LogP contribution is 2.14. The maximum absolute atomic E-state index is 11.5. The van der Waals surface area contributed by atoms with Crippen molar-refractivity contribution >= 4 is 5.91 Å². The van der Waals surface area contributed by atoms with Gasteiger partial charge < -0.3 is 15.0 Å². The highest BCUT2D eigenvalue weighted by molar-refractivity contribution is 5.76. The van der Waals surface area contributed by atoms with Crippen LogP contribution in [0.1, 0.15) is 24.8 Å². The van der Waals surface area contributed by atoms with Crippen LogP contribution in [0.5, 0.6) is 0 Å². The Hall–Kier alpha value is -1.29. The van der Waals surface area contributed by atoms with E-state index in [9.17, 15) is 4.79 Å². The number of hydrogen-bond donors (Lipinski definition) is 2. The Bertz CT molecular complexity index is 302.